The highest BCUT2D eigenvalue weighted by atomic mass is 19.1. The molecular weight excluding hydrogens is 289 g/mol. The van der Waals surface area contributed by atoms with Crippen LogP contribution in [0.1, 0.15) is 35.9 Å². The number of carboxylic acid groups (broad SMARTS) is 1. The summed E-state index contributed by atoms with van der Waals surface area (Å²) in [6, 6.07) is 3.05. The van der Waals surface area contributed by atoms with E-state index >= 15 is 0 Å². The predicted octanol–water partition coefficient (Wildman–Crippen LogP) is 2.96. The van der Waals surface area contributed by atoms with Gasteiger partial charge in [0.2, 0.25) is 0 Å². The van der Waals surface area contributed by atoms with E-state index in [-0.39, 0.29) is 11.8 Å². The minimum Gasteiger partial charge on any atom is -0.480 e. The van der Waals surface area contributed by atoms with Gasteiger partial charge in [0.05, 0.1) is 0 Å². The van der Waals surface area contributed by atoms with E-state index in [1.807, 2.05) is 0 Å². The average Bonchev–Trinajstić information content (AvgIpc) is 3.24. The Kier molecular flexibility index (Phi) is 3.39. The van der Waals surface area contributed by atoms with Crippen molar-refractivity contribution in [1.29, 1.82) is 0 Å². The number of hydrogen-bond donors (Lipinski definition) is 1. The molecular formula is C16H16FNO4. The third-order valence-electron chi connectivity index (χ3n) is 4.04. The summed E-state index contributed by atoms with van der Waals surface area (Å²) in [5.74, 6) is -1.83. The van der Waals surface area contributed by atoms with Gasteiger partial charge in [-0.1, -0.05) is 0 Å². The summed E-state index contributed by atoms with van der Waals surface area (Å²) >= 11 is 0. The van der Waals surface area contributed by atoms with Crippen LogP contribution >= 0.6 is 0 Å². The number of hydrogen-bond acceptors (Lipinski definition) is 3. The molecule has 1 aliphatic rings. The maximum atomic E-state index is 13.3. The number of nitrogens with zero attached hydrogens (tertiary/aromatic N) is 1. The highest BCUT2D eigenvalue weighted by Crippen LogP contribution is 2.33. The lowest BCUT2D eigenvalue weighted by molar-refractivity contribution is -0.141. The number of carbonyl (C=O) groups excluding carboxylic acids is 1. The number of benzene rings is 1. The molecule has 1 fully saturated rings. The lowest BCUT2D eigenvalue weighted by Crippen LogP contribution is -2.44. The quantitative estimate of drug-likeness (QED) is 0.942. The SMILES string of the molecule is Cc1c(C(=O)N(C2CC2)C(C)C(=O)O)oc2ccc(F)cc12. The van der Waals surface area contributed by atoms with Crippen molar-refractivity contribution in [2.75, 3.05) is 0 Å². The number of carboxylic acids is 1. The third kappa shape index (κ3) is 2.34. The van der Waals surface area contributed by atoms with Crippen LogP contribution in [0.5, 0.6) is 0 Å². The molecule has 0 aliphatic heterocycles. The number of aliphatic carboxylic acids is 1. The third-order valence-corrected chi connectivity index (χ3v) is 4.04. The molecule has 1 N–H and O–H groups in total. The van der Waals surface area contributed by atoms with Crippen molar-refractivity contribution >= 4 is 22.8 Å². The zero-order chi connectivity index (χ0) is 16.0. The van der Waals surface area contributed by atoms with Crippen LogP contribution in [0.15, 0.2) is 22.6 Å². The van der Waals surface area contributed by atoms with Crippen molar-refractivity contribution in [2.24, 2.45) is 0 Å². The van der Waals surface area contributed by atoms with Gasteiger partial charge in [-0.25, -0.2) is 9.18 Å². The molecule has 116 valence electrons. The maximum Gasteiger partial charge on any atom is 0.326 e. The standard InChI is InChI=1S/C16H16FNO4/c1-8-12-7-10(17)3-6-13(12)22-14(8)15(19)18(11-4-5-11)9(2)16(20)21/h3,6-7,9,11H,4-5H2,1-2H3,(H,20,21). The van der Waals surface area contributed by atoms with Gasteiger partial charge in [0, 0.05) is 17.0 Å². The van der Waals surface area contributed by atoms with Gasteiger partial charge in [-0.15, -0.1) is 0 Å². The fourth-order valence-corrected chi connectivity index (χ4v) is 2.64. The summed E-state index contributed by atoms with van der Waals surface area (Å²) < 4.78 is 18.9. The molecule has 1 atom stereocenters. The number of amides is 1. The number of fused-ring (bicyclic) bond motifs is 1. The van der Waals surface area contributed by atoms with Crippen molar-refractivity contribution in [1.82, 2.24) is 4.90 Å². The summed E-state index contributed by atoms with van der Waals surface area (Å²) in [5.41, 5.74) is 0.948. The van der Waals surface area contributed by atoms with E-state index in [1.54, 1.807) is 6.92 Å². The maximum absolute atomic E-state index is 13.3. The lowest BCUT2D eigenvalue weighted by Gasteiger charge is -2.25. The molecule has 1 amide bonds. The first-order chi connectivity index (χ1) is 10.4. The first kappa shape index (κ1) is 14.6. The molecule has 1 aromatic carbocycles. The van der Waals surface area contributed by atoms with Crippen LogP contribution in [-0.2, 0) is 4.79 Å². The van der Waals surface area contributed by atoms with Crippen LogP contribution in [0.4, 0.5) is 4.39 Å². The van der Waals surface area contributed by atoms with E-state index in [2.05, 4.69) is 0 Å². The molecule has 22 heavy (non-hydrogen) atoms. The van der Waals surface area contributed by atoms with Gasteiger partial charge in [-0.3, -0.25) is 4.79 Å². The second-order valence-corrected chi connectivity index (χ2v) is 5.65. The fraction of sp³-hybridized carbons (Fsp3) is 0.375. The molecule has 6 heteroatoms. The number of rotatable bonds is 4. The zero-order valence-electron chi connectivity index (χ0n) is 12.3. The molecule has 1 saturated carbocycles. The number of halogens is 1. The van der Waals surface area contributed by atoms with Gasteiger partial charge in [-0.2, -0.15) is 0 Å². The molecule has 1 aliphatic carbocycles. The van der Waals surface area contributed by atoms with Crippen molar-refractivity contribution in [3.63, 3.8) is 0 Å². The van der Waals surface area contributed by atoms with E-state index in [0.29, 0.717) is 16.5 Å². The van der Waals surface area contributed by atoms with E-state index in [4.69, 9.17) is 4.42 Å². The Morgan fingerprint density at radius 2 is 2.09 bits per heavy atom. The average molecular weight is 305 g/mol. The van der Waals surface area contributed by atoms with Crippen molar-refractivity contribution in [3.05, 3.63) is 35.3 Å². The summed E-state index contributed by atoms with van der Waals surface area (Å²) in [6.07, 6.45) is 1.58. The second kappa shape index (κ2) is 5.12. The summed E-state index contributed by atoms with van der Waals surface area (Å²) in [4.78, 5) is 25.3. The summed E-state index contributed by atoms with van der Waals surface area (Å²) in [7, 11) is 0. The highest BCUT2D eigenvalue weighted by Gasteiger charge is 2.40. The second-order valence-electron chi connectivity index (χ2n) is 5.65. The van der Waals surface area contributed by atoms with Crippen molar-refractivity contribution < 1.29 is 23.5 Å². The van der Waals surface area contributed by atoms with E-state index in [0.717, 1.165) is 12.8 Å². The lowest BCUT2D eigenvalue weighted by atomic mass is 10.1. The molecule has 0 bridgehead atoms. The van der Waals surface area contributed by atoms with Crippen molar-refractivity contribution in [2.45, 2.75) is 38.8 Å². The number of furan rings is 1. The summed E-state index contributed by atoms with van der Waals surface area (Å²) in [6.45, 7) is 3.16. The van der Waals surface area contributed by atoms with E-state index < -0.39 is 23.7 Å². The smallest absolute Gasteiger partial charge is 0.326 e. The molecule has 5 nitrogen and oxygen atoms in total. The Morgan fingerprint density at radius 1 is 1.41 bits per heavy atom. The zero-order valence-corrected chi connectivity index (χ0v) is 12.3. The minimum absolute atomic E-state index is 0.0667. The van der Waals surface area contributed by atoms with Gasteiger partial charge >= 0.3 is 5.97 Å². The topological polar surface area (TPSA) is 70.8 Å². The summed E-state index contributed by atoms with van der Waals surface area (Å²) in [5, 5.41) is 9.73. The van der Waals surface area contributed by atoms with Crippen LogP contribution in [0, 0.1) is 12.7 Å². The van der Waals surface area contributed by atoms with Gasteiger partial charge in [0.1, 0.15) is 17.4 Å². The molecule has 2 aromatic rings. The Balaban J connectivity index is 2.03. The molecule has 0 spiro atoms. The van der Waals surface area contributed by atoms with Crippen LogP contribution in [0.25, 0.3) is 11.0 Å². The largest absolute Gasteiger partial charge is 0.480 e. The first-order valence-corrected chi connectivity index (χ1v) is 7.14. The van der Waals surface area contributed by atoms with Crippen LogP contribution in [-0.4, -0.2) is 34.0 Å². The van der Waals surface area contributed by atoms with Gasteiger partial charge in [0.25, 0.3) is 5.91 Å². The van der Waals surface area contributed by atoms with Gasteiger partial charge in [-0.05, 0) is 44.9 Å². The fourth-order valence-electron chi connectivity index (χ4n) is 2.64. The van der Waals surface area contributed by atoms with Crippen LogP contribution in [0.2, 0.25) is 0 Å². The van der Waals surface area contributed by atoms with Gasteiger partial charge in [0.15, 0.2) is 5.76 Å². The van der Waals surface area contributed by atoms with E-state index in [1.165, 1.54) is 30.0 Å². The Morgan fingerprint density at radius 3 is 2.68 bits per heavy atom. The predicted molar refractivity (Wildman–Crippen MR) is 77.2 cm³/mol. The van der Waals surface area contributed by atoms with Crippen LogP contribution in [0.3, 0.4) is 0 Å². The number of aryl methyl sites for hydroxylation is 1. The van der Waals surface area contributed by atoms with Gasteiger partial charge < -0.3 is 14.4 Å². The number of carbonyl (C=O) groups is 2. The Labute approximate surface area is 126 Å². The minimum atomic E-state index is -1.06. The molecule has 0 radical (unpaired) electrons. The molecule has 1 aromatic heterocycles. The van der Waals surface area contributed by atoms with E-state index in [9.17, 15) is 19.1 Å². The first-order valence-electron chi connectivity index (χ1n) is 7.14. The monoisotopic (exact) mass is 305 g/mol. The Hall–Kier alpha value is -2.37. The molecule has 3 rings (SSSR count). The molecule has 1 unspecified atom stereocenters. The molecule has 0 saturated heterocycles. The molecule has 1 heterocycles. The van der Waals surface area contributed by atoms with Crippen molar-refractivity contribution in [3.8, 4) is 0 Å². The normalized spacial score (nSPS) is 15.8. The van der Waals surface area contributed by atoms with Crippen LogP contribution < -0.4 is 0 Å². The Bertz CT molecular complexity index is 763. The highest BCUT2D eigenvalue weighted by molar-refractivity contribution is 6.00.